The standard InChI is InChI=1S/C17H25NO2/c1-19-15-9-8-13(17(18)10-3-2-4-11-17)12-16(15)20-14-6-5-7-14/h8-9,12,14H,2-7,10-11,18H2,1H3. The Morgan fingerprint density at radius 3 is 2.40 bits per heavy atom. The largest absolute Gasteiger partial charge is 0.493 e. The Labute approximate surface area is 121 Å². The van der Waals surface area contributed by atoms with E-state index in [1.807, 2.05) is 6.07 Å². The molecule has 0 heterocycles. The zero-order valence-electron chi connectivity index (χ0n) is 12.4. The molecular formula is C17H25NO2. The molecule has 110 valence electrons. The lowest BCUT2D eigenvalue weighted by atomic mass is 9.77. The number of hydrogen-bond acceptors (Lipinski definition) is 3. The van der Waals surface area contributed by atoms with E-state index in [1.165, 1.54) is 31.2 Å². The molecule has 0 radical (unpaired) electrons. The smallest absolute Gasteiger partial charge is 0.161 e. The molecule has 20 heavy (non-hydrogen) atoms. The molecule has 0 amide bonds. The van der Waals surface area contributed by atoms with E-state index in [2.05, 4.69) is 12.1 Å². The van der Waals surface area contributed by atoms with Crippen molar-refractivity contribution in [1.29, 1.82) is 0 Å². The Hall–Kier alpha value is -1.22. The second kappa shape index (κ2) is 5.65. The predicted octanol–water partition coefficient (Wildman–Crippen LogP) is 3.74. The van der Waals surface area contributed by atoms with E-state index in [9.17, 15) is 0 Å². The lowest BCUT2D eigenvalue weighted by molar-refractivity contribution is 0.115. The molecule has 0 saturated heterocycles. The van der Waals surface area contributed by atoms with Gasteiger partial charge >= 0.3 is 0 Å². The van der Waals surface area contributed by atoms with Crippen molar-refractivity contribution in [2.45, 2.75) is 63.0 Å². The molecule has 0 aromatic heterocycles. The van der Waals surface area contributed by atoms with Gasteiger partial charge in [0, 0.05) is 5.54 Å². The van der Waals surface area contributed by atoms with Crippen molar-refractivity contribution in [3.05, 3.63) is 23.8 Å². The number of benzene rings is 1. The molecule has 0 atom stereocenters. The minimum absolute atomic E-state index is 0.178. The SMILES string of the molecule is COc1ccc(C2(N)CCCCC2)cc1OC1CCC1. The topological polar surface area (TPSA) is 44.5 Å². The van der Waals surface area contributed by atoms with Crippen LogP contribution in [0.1, 0.15) is 56.9 Å². The lowest BCUT2D eigenvalue weighted by Crippen LogP contribution is -2.38. The molecule has 3 nitrogen and oxygen atoms in total. The van der Waals surface area contributed by atoms with Crippen molar-refractivity contribution in [3.63, 3.8) is 0 Å². The van der Waals surface area contributed by atoms with Gasteiger partial charge in [0.25, 0.3) is 0 Å². The van der Waals surface area contributed by atoms with Crippen molar-refractivity contribution in [2.75, 3.05) is 7.11 Å². The molecule has 0 aliphatic heterocycles. The Bertz CT molecular complexity index is 462. The molecule has 1 aromatic carbocycles. The van der Waals surface area contributed by atoms with Crippen molar-refractivity contribution in [2.24, 2.45) is 5.73 Å². The van der Waals surface area contributed by atoms with E-state index < -0.39 is 0 Å². The van der Waals surface area contributed by atoms with Gasteiger partial charge in [0.15, 0.2) is 11.5 Å². The van der Waals surface area contributed by atoms with E-state index in [-0.39, 0.29) is 5.54 Å². The first kappa shape index (κ1) is 13.7. The van der Waals surface area contributed by atoms with Gasteiger partial charge in [-0.05, 0) is 49.8 Å². The van der Waals surface area contributed by atoms with Crippen LogP contribution in [0.15, 0.2) is 18.2 Å². The van der Waals surface area contributed by atoms with Gasteiger partial charge in [0.05, 0.1) is 13.2 Å². The molecular weight excluding hydrogens is 250 g/mol. The Morgan fingerprint density at radius 1 is 1.05 bits per heavy atom. The number of methoxy groups -OCH3 is 1. The summed E-state index contributed by atoms with van der Waals surface area (Å²) in [5.74, 6) is 1.69. The normalized spacial score (nSPS) is 22.1. The summed E-state index contributed by atoms with van der Waals surface area (Å²) in [6, 6.07) is 6.23. The van der Waals surface area contributed by atoms with Crippen molar-refractivity contribution < 1.29 is 9.47 Å². The first-order valence-corrected chi connectivity index (χ1v) is 7.85. The summed E-state index contributed by atoms with van der Waals surface area (Å²) in [4.78, 5) is 0. The number of rotatable bonds is 4. The number of hydrogen-bond donors (Lipinski definition) is 1. The minimum atomic E-state index is -0.178. The third-order valence-electron chi connectivity index (χ3n) is 4.83. The first-order valence-electron chi connectivity index (χ1n) is 7.85. The highest BCUT2D eigenvalue weighted by Crippen LogP contribution is 2.40. The monoisotopic (exact) mass is 275 g/mol. The Morgan fingerprint density at radius 2 is 1.80 bits per heavy atom. The fourth-order valence-electron chi connectivity index (χ4n) is 3.22. The predicted molar refractivity (Wildman–Crippen MR) is 80.2 cm³/mol. The highest BCUT2D eigenvalue weighted by atomic mass is 16.5. The second-order valence-corrected chi connectivity index (χ2v) is 6.25. The van der Waals surface area contributed by atoms with Crippen LogP contribution in [0.5, 0.6) is 11.5 Å². The van der Waals surface area contributed by atoms with Gasteiger partial charge in [-0.25, -0.2) is 0 Å². The van der Waals surface area contributed by atoms with E-state index >= 15 is 0 Å². The van der Waals surface area contributed by atoms with Crippen molar-refractivity contribution in [1.82, 2.24) is 0 Å². The van der Waals surface area contributed by atoms with Crippen LogP contribution in [-0.2, 0) is 5.54 Å². The third kappa shape index (κ3) is 2.64. The van der Waals surface area contributed by atoms with Crippen LogP contribution in [0.4, 0.5) is 0 Å². The quantitative estimate of drug-likeness (QED) is 0.910. The van der Waals surface area contributed by atoms with Crippen molar-refractivity contribution >= 4 is 0 Å². The molecule has 3 heteroatoms. The van der Waals surface area contributed by atoms with Gasteiger partial charge in [0.1, 0.15) is 0 Å². The van der Waals surface area contributed by atoms with Gasteiger partial charge in [0.2, 0.25) is 0 Å². The van der Waals surface area contributed by atoms with E-state index in [0.717, 1.165) is 37.2 Å². The maximum atomic E-state index is 6.62. The first-order chi connectivity index (χ1) is 9.71. The summed E-state index contributed by atoms with van der Waals surface area (Å²) in [5, 5.41) is 0. The van der Waals surface area contributed by atoms with E-state index in [1.54, 1.807) is 7.11 Å². The highest BCUT2D eigenvalue weighted by molar-refractivity contribution is 5.45. The molecule has 0 unspecified atom stereocenters. The maximum absolute atomic E-state index is 6.62. The molecule has 2 aliphatic carbocycles. The van der Waals surface area contributed by atoms with Gasteiger partial charge in [-0.2, -0.15) is 0 Å². The van der Waals surface area contributed by atoms with E-state index in [4.69, 9.17) is 15.2 Å². The van der Waals surface area contributed by atoms with Crippen LogP contribution >= 0.6 is 0 Å². The fourth-order valence-corrected chi connectivity index (χ4v) is 3.22. The lowest BCUT2D eigenvalue weighted by Gasteiger charge is -2.35. The van der Waals surface area contributed by atoms with Crippen LogP contribution in [0, 0.1) is 0 Å². The molecule has 1 aromatic rings. The summed E-state index contributed by atoms with van der Waals surface area (Å²) in [7, 11) is 1.70. The Kier molecular flexibility index (Phi) is 3.88. The minimum Gasteiger partial charge on any atom is -0.493 e. The summed E-state index contributed by atoms with van der Waals surface area (Å²) >= 11 is 0. The van der Waals surface area contributed by atoms with Crippen molar-refractivity contribution in [3.8, 4) is 11.5 Å². The summed E-state index contributed by atoms with van der Waals surface area (Å²) in [6.07, 6.45) is 9.84. The third-order valence-corrected chi connectivity index (χ3v) is 4.83. The summed E-state index contributed by atoms with van der Waals surface area (Å²) < 4.78 is 11.5. The van der Waals surface area contributed by atoms with Gasteiger partial charge < -0.3 is 15.2 Å². The molecule has 0 spiro atoms. The average molecular weight is 275 g/mol. The van der Waals surface area contributed by atoms with E-state index in [0.29, 0.717) is 6.10 Å². The van der Waals surface area contributed by atoms with Gasteiger partial charge in [-0.3, -0.25) is 0 Å². The molecule has 2 aliphatic rings. The zero-order chi connectivity index (χ0) is 14.0. The zero-order valence-corrected chi connectivity index (χ0v) is 12.4. The van der Waals surface area contributed by atoms with Crippen LogP contribution in [-0.4, -0.2) is 13.2 Å². The number of nitrogens with two attached hydrogens (primary N) is 1. The molecule has 2 fully saturated rings. The summed E-state index contributed by atoms with van der Waals surface area (Å²) in [6.45, 7) is 0. The van der Waals surface area contributed by atoms with Crippen LogP contribution < -0.4 is 15.2 Å². The van der Waals surface area contributed by atoms with Crippen LogP contribution in [0.25, 0.3) is 0 Å². The van der Waals surface area contributed by atoms with Gasteiger partial charge in [-0.15, -0.1) is 0 Å². The maximum Gasteiger partial charge on any atom is 0.161 e. The molecule has 2 saturated carbocycles. The van der Waals surface area contributed by atoms with Gasteiger partial charge in [-0.1, -0.05) is 25.3 Å². The second-order valence-electron chi connectivity index (χ2n) is 6.25. The average Bonchev–Trinajstić information content (AvgIpc) is 2.43. The summed E-state index contributed by atoms with van der Waals surface area (Å²) in [5.41, 5.74) is 7.64. The highest BCUT2D eigenvalue weighted by Gasteiger charge is 2.30. The molecule has 2 N–H and O–H groups in total. The molecule has 0 bridgehead atoms. The van der Waals surface area contributed by atoms with Crippen LogP contribution in [0.2, 0.25) is 0 Å². The van der Waals surface area contributed by atoms with Crippen LogP contribution in [0.3, 0.4) is 0 Å². The molecule has 3 rings (SSSR count). The Balaban J connectivity index is 1.85. The number of ether oxygens (including phenoxy) is 2. The fraction of sp³-hybridized carbons (Fsp3) is 0.647.